The van der Waals surface area contributed by atoms with Crippen molar-refractivity contribution in [2.75, 3.05) is 14.2 Å². The molecule has 0 saturated heterocycles. The Labute approximate surface area is 109 Å². The number of rotatable bonds is 3. The monoisotopic (exact) mass is 267 g/mol. The van der Waals surface area contributed by atoms with E-state index in [4.69, 9.17) is 16.9 Å². The number of hydrogen-bond donors (Lipinski definition) is 0. The summed E-state index contributed by atoms with van der Waals surface area (Å²) in [7, 11) is 2.46. The molecule has 1 rings (SSSR count). The lowest BCUT2D eigenvalue weighted by molar-refractivity contribution is -0.139. The first kappa shape index (κ1) is 14.0. The third kappa shape index (κ3) is 2.99. The lowest BCUT2D eigenvalue weighted by atomic mass is 10.0. The van der Waals surface area contributed by atoms with Gasteiger partial charge in [-0.2, -0.15) is 5.26 Å². The Kier molecular flexibility index (Phi) is 4.69. The molecule has 1 aromatic rings. The minimum atomic E-state index is -0.625. The Morgan fingerprint density at radius 1 is 1.33 bits per heavy atom. The standard InChI is InChI=1S/C12H10ClNO4/c1-17-11(15)4-7-3-8(6-14)10(13)5-9(7)12(16)18-2/h3,5H,4H2,1-2H3. The summed E-state index contributed by atoms with van der Waals surface area (Å²) in [5, 5.41) is 8.99. The quantitative estimate of drug-likeness (QED) is 0.779. The number of ether oxygens (including phenoxy) is 2. The van der Waals surface area contributed by atoms with E-state index in [0.717, 1.165) is 0 Å². The van der Waals surface area contributed by atoms with Crippen LogP contribution in [0.25, 0.3) is 0 Å². The van der Waals surface area contributed by atoms with Gasteiger partial charge in [-0.25, -0.2) is 4.79 Å². The maximum atomic E-state index is 11.5. The average molecular weight is 268 g/mol. The number of benzene rings is 1. The number of hydrogen-bond acceptors (Lipinski definition) is 5. The van der Waals surface area contributed by atoms with Crippen molar-refractivity contribution in [1.29, 1.82) is 5.26 Å². The highest BCUT2D eigenvalue weighted by atomic mass is 35.5. The van der Waals surface area contributed by atoms with Gasteiger partial charge >= 0.3 is 11.9 Å². The van der Waals surface area contributed by atoms with E-state index >= 15 is 0 Å². The highest BCUT2D eigenvalue weighted by molar-refractivity contribution is 6.32. The van der Waals surface area contributed by atoms with Crippen LogP contribution in [0, 0.1) is 11.3 Å². The molecule has 0 heterocycles. The Morgan fingerprint density at radius 3 is 2.50 bits per heavy atom. The fourth-order valence-electron chi connectivity index (χ4n) is 1.38. The van der Waals surface area contributed by atoms with Crippen molar-refractivity contribution in [2.45, 2.75) is 6.42 Å². The molecule has 0 aliphatic carbocycles. The number of nitrogens with zero attached hydrogens (tertiary/aromatic N) is 1. The second-order valence-electron chi connectivity index (χ2n) is 3.35. The molecule has 0 atom stereocenters. The lowest BCUT2D eigenvalue weighted by Gasteiger charge is -2.08. The molecule has 0 spiro atoms. The lowest BCUT2D eigenvalue weighted by Crippen LogP contribution is -2.11. The SMILES string of the molecule is COC(=O)Cc1cc(C#N)c(Cl)cc1C(=O)OC. The van der Waals surface area contributed by atoms with Crippen LogP contribution in [0.15, 0.2) is 12.1 Å². The Bertz CT molecular complexity index is 534. The Morgan fingerprint density at radius 2 is 2.00 bits per heavy atom. The van der Waals surface area contributed by atoms with Crippen LogP contribution < -0.4 is 0 Å². The molecular weight excluding hydrogens is 258 g/mol. The summed E-state index contributed by atoms with van der Waals surface area (Å²) in [4.78, 5) is 22.8. The van der Waals surface area contributed by atoms with Crippen LogP contribution in [0.3, 0.4) is 0 Å². The van der Waals surface area contributed by atoms with Crippen molar-refractivity contribution in [1.82, 2.24) is 0 Å². The van der Waals surface area contributed by atoms with E-state index in [1.54, 1.807) is 0 Å². The predicted octanol–water partition coefficient (Wildman–Crippen LogP) is 1.71. The van der Waals surface area contributed by atoms with Crippen molar-refractivity contribution in [3.63, 3.8) is 0 Å². The zero-order valence-electron chi connectivity index (χ0n) is 9.82. The fraction of sp³-hybridized carbons (Fsp3) is 0.250. The third-order valence-corrected chi connectivity index (χ3v) is 2.59. The van der Waals surface area contributed by atoms with Gasteiger partial charge in [-0.15, -0.1) is 0 Å². The molecule has 0 unspecified atom stereocenters. The highest BCUT2D eigenvalue weighted by Crippen LogP contribution is 2.22. The van der Waals surface area contributed by atoms with Crippen molar-refractivity contribution in [2.24, 2.45) is 0 Å². The van der Waals surface area contributed by atoms with Gasteiger partial charge in [0.2, 0.25) is 0 Å². The third-order valence-electron chi connectivity index (χ3n) is 2.28. The van der Waals surface area contributed by atoms with Crippen molar-refractivity contribution in [3.8, 4) is 6.07 Å². The molecule has 0 aromatic heterocycles. The summed E-state index contributed by atoms with van der Waals surface area (Å²) >= 11 is 5.83. The number of carbonyl (C=O) groups is 2. The molecule has 18 heavy (non-hydrogen) atoms. The fourth-order valence-corrected chi connectivity index (χ4v) is 1.58. The summed E-state index contributed by atoms with van der Waals surface area (Å²) < 4.78 is 9.11. The molecule has 0 saturated carbocycles. The van der Waals surface area contributed by atoms with E-state index in [-0.39, 0.29) is 22.6 Å². The van der Waals surface area contributed by atoms with Crippen LogP contribution in [-0.4, -0.2) is 26.2 Å². The van der Waals surface area contributed by atoms with Gasteiger partial charge in [0.1, 0.15) is 6.07 Å². The zero-order valence-corrected chi connectivity index (χ0v) is 10.6. The summed E-state index contributed by atoms with van der Waals surface area (Å²) in [5.74, 6) is -1.15. The molecule has 1 aromatic carbocycles. The van der Waals surface area contributed by atoms with E-state index in [2.05, 4.69) is 9.47 Å². The molecule has 94 valence electrons. The van der Waals surface area contributed by atoms with Crippen LogP contribution in [0.4, 0.5) is 0 Å². The van der Waals surface area contributed by atoms with E-state index in [1.165, 1.54) is 26.4 Å². The van der Waals surface area contributed by atoms with Crippen LogP contribution in [0.5, 0.6) is 0 Å². The summed E-state index contributed by atoms with van der Waals surface area (Å²) in [6, 6.07) is 4.57. The Hall–Kier alpha value is -2.06. The number of esters is 2. The van der Waals surface area contributed by atoms with Crippen molar-refractivity contribution < 1.29 is 19.1 Å². The maximum Gasteiger partial charge on any atom is 0.338 e. The average Bonchev–Trinajstić information content (AvgIpc) is 2.39. The normalized spacial score (nSPS) is 9.44. The summed E-state index contributed by atoms with van der Waals surface area (Å²) in [6.07, 6.45) is -0.132. The van der Waals surface area contributed by atoms with Gasteiger partial charge in [-0.3, -0.25) is 4.79 Å². The van der Waals surface area contributed by atoms with E-state index in [9.17, 15) is 9.59 Å². The van der Waals surface area contributed by atoms with Crippen LogP contribution >= 0.6 is 11.6 Å². The maximum absolute atomic E-state index is 11.5. The molecular formula is C12H10ClNO4. The molecule has 0 radical (unpaired) electrons. The van der Waals surface area contributed by atoms with Crippen LogP contribution in [0.1, 0.15) is 21.5 Å². The van der Waals surface area contributed by atoms with E-state index in [1.807, 2.05) is 6.07 Å². The summed E-state index contributed by atoms with van der Waals surface area (Å²) in [6.45, 7) is 0. The second kappa shape index (κ2) is 6.03. The molecule has 0 aliphatic heterocycles. The first-order valence-corrected chi connectivity index (χ1v) is 5.29. The molecule has 5 nitrogen and oxygen atoms in total. The van der Waals surface area contributed by atoms with E-state index in [0.29, 0.717) is 5.56 Å². The van der Waals surface area contributed by atoms with E-state index < -0.39 is 11.9 Å². The summed E-state index contributed by atoms with van der Waals surface area (Å²) in [5.41, 5.74) is 0.671. The van der Waals surface area contributed by atoms with Crippen molar-refractivity contribution in [3.05, 3.63) is 33.8 Å². The Balaban J connectivity index is 3.31. The van der Waals surface area contributed by atoms with Gasteiger partial charge in [0, 0.05) is 0 Å². The van der Waals surface area contributed by atoms with Gasteiger partial charge in [0.05, 0.1) is 36.8 Å². The van der Waals surface area contributed by atoms with Gasteiger partial charge < -0.3 is 9.47 Å². The van der Waals surface area contributed by atoms with Gasteiger partial charge in [-0.1, -0.05) is 11.6 Å². The number of carbonyl (C=O) groups excluding carboxylic acids is 2. The topological polar surface area (TPSA) is 76.4 Å². The van der Waals surface area contributed by atoms with Gasteiger partial charge in [0.15, 0.2) is 0 Å². The first-order valence-electron chi connectivity index (χ1n) is 4.91. The van der Waals surface area contributed by atoms with Gasteiger partial charge in [-0.05, 0) is 17.7 Å². The zero-order chi connectivity index (χ0) is 13.7. The first-order chi connectivity index (χ1) is 8.53. The molecule has 0 aliphatic rings. The number of nitriles is 1. The minimum absolute atomic E-state index is 0.131. The molecule has 0 amide bonds. The van der Waals surface area contributed by atoms with Gasteiger partial charge in [0.25, 0.3) is 0 Å². The van der Waals surface area contributed by atoms with Crippen molar-refractivity contribution >= 4 is 23.5 Å². The highest BCUT2D eigenvalue weighted by Gasteiger charge is 2.17. The molecule has 0 fully saturated rings. The number of halogens is 1. The minimum Gasteiger partial charge on any atom is -0.469 e. The smallest absolute Gasteiger partial charge is 0.338 e. The predicted molar refractivity (Wildman–Crippen MR) is 63.2 cm³/mol. The largest absolute Gasteiger partial charge is 0.469 e. The second-order valence-corrected chi connectivity index (χ2v) is 3.75. The molecule has 0 bridgehead atoms. The molecule has 6 heteroatoms. The van der Waals surface area contributed by atoms with Crippen LogP contribution in [-0.2, 0) is 20.7 Å². The van der Waals surface area contributed by atoms with Crippen LogP contribution in [0.2, 0.25) is 5.02 Å². The number of methoxy groups -OCH3 is 2. The molecule has 0 N–H and O–H groups in total.